The number of hydrogen-bond donors (Lipinski definition) is 0. The van der Waals surface area contributed by atoms with Crippen molar-refractivity contribution in [1.29, 1.82) is 0 Å². The third-order valence-corrected chi connectivity index (χ3v) is 10.4. The molecule has 1 atom stereocenters. The van der Waals surface area contributed by atoms with Gasteiger partial charge >= 0.3 is 17.9 Å². The van der Waals surface area contributed by atoms with Gasteiger partial charge in [-0.15, -0.1) is 0 Å². The Morgan fingerprint density at radius 2 is 0.701 bits per heavy atom. The van der Waals surface area contributed by atoms with E-state index in [-0.39, 0.29) is 38.0 Å². The quantitative estimate of drug-likeness (QED) is 0.0199. The summed E-state index contributed by atoms with van der Waals surface area (Å²) in [5.74, 6) is -1.11. The van der Waals surface area contributed by atoms with E-state index in [2.05, 4.69) is 148 Å². The second-order valence-corrected chi connectivity index (χ2v) is 16.7. The minimum Gasteiger partial charge on any atom is -0.462 e. The van der Waals surface area contributed by atoms with Crippen molar-refractivity contribution >= 4 is 17.9 Å². The van der Waals surface area contributed by atoms with Crippen LogP contribution in [0.4, 0.5) is 0 Å². The molecule has 0 aromatic carbocycles. The lowest BCUT2D eigenvalue weighted by Gasteiger charge is -2.18. The molecule has 0 fully saturated rings. The van der Waals surface area contributed by atoms with Gasteiger partial charge in [-0.2, -0.15) is 0 Å². The van der Waals surface area contributed by atoms with E-state index < -0.39 is 12.1 Å². The predicted molar refractivity (Wildman–Crippen MR) is 288 cm³/mol. The maximum absolute atomic E-state index is 12.8. The summed E-state index contributed by atoms with van der Waals surface area (Å²) in [5.41, 5.74) is 0. The minimum atomic E-state index is -0.850. The van der Waals surface area contributed by atoms with E-state index in [1.54, 1.807) is 0 Å². The number of ether oxygens (including phenoxy) is 3. The zero-order valence-corrected chi connectivity index (χ0v) is 42.6. The van der Waals surface area contributed by atoms with Crippen LogP contribution >= 0.6 is 0 Å². The fourth-order valence-corrected chi connectivity index (χ4v) is 6.48. The summed E-state index contributed by atoms with van der Waals surface area (Å²) >= 11 is 0. The molecule has 0 bridgehead atoms. The SMILES string of the molecule is CC/C=C/C=C/C=C/CCCCCCCC(=O)OCC(COC(=O)CC/C=C/C/C=C/C/C=C/C/C=C/C/C=C/C/C=C/CC)OC(=O)CCC/C=C/C/C=C/C/C=C/CCCCCCCC. The Labute approximate surface area is 410 Å². The first kappa shape index (κ1) is 62.3. The second kappa shape index (κ2) is 53.9. The van der Waals surface area contributed by atoms with E-state index >= 15 is 0 Å². The van der Waals surface area contributed by atoms with Gasteiger partial charge in [-0.05, 0) is 109 Å². The fourth-order valence-electron chi connectivity index (χ4n) is 6.48. The van der Waals surface area contributed by atoms with Gasteiger partial charge in [0.25, 0.3) is 0 Å². The largest absolute Gasteiger partial charge is 0.462 e. The van der Waals surface area contributed by atoms with Crippen LogP contribution in [0.3, 0.4) is 0 Å². The molecular formula is C61H94O6. The Balaban J connectivity index is 4.63. The summed E-state index contributed by atoms with van der Waals surface area (Å²) in [6.45, 7) is 6.23. The van der Waals surface area contributed by atoms with Crippen LogP contribution in [0.15, 0.2) is 146 Å². The van der Waals surface area contributed by atoms with Crippen molar-refractivity contribution in [2.24, 2.45) is 0 Å². The number of carbonyl (C=O) groups is 3. The highest BCUT2D eigenvalue weighted by molar-refractivity contribution is 5.71. The van der Waals surface area contributed by atoms with Crippen LogP contribution in [-0.4, -0.2) is 37.2 Å². The fraction of sp³-hybridized carbons (Fsp3) is 0.557. The Morgan fingerprint density at radius 1 is 0.328 bits per heavy atom. The first-order valence-corrected chi connectivity index (χ1v) is 26.4. The molecule has 6 heteroatoms. The van der Waals surface area contributed by atoms with Gasteiger partial charge in [0.1, 0.15) is 13.2 Å². The number of carbonyl (C=O) groups excluding carboxylic acids is 3. The number of hydrogen-bond acceptors (Lipinski definition) is 6. The number of unbranched alkanes of at least 4 members (excludes halogenated alkanes) is 12. The van der Waals surface area contributed by atoms with E-state index in [4.69, 9.17) is 14.2 Å². The van der Waals surface area contributed by atoms with Crippen LogP contribution in [0.5, 0.6) is 0 Å². The topological polar surface area (TPSA) is 78.9 Å². The van der Waals surface area contributed by atoms with E-state index in [1.807, 2.05) is 18.2 Å². The summed E-state index contributed by atoms with van der Waals surface area (Å²) in [6, 6.07) is 0. The minimum absolute atomic E-state index is 0.138. The molecule has 0 radical (unpaired) electrons. The molecule has 374 valence electrons. The van der Waals surface area contributed by atoms with Crippen molar-refractivity contribution in [3.63, 3.8) is 0 Å². The Morgan fingerprint density at radius 3 is 1.21 bits per heavy atom. The van der Waals surface area contributed by atoms with E-state index in [0.29, 0.717) is 19.3 Å². The van der Waals surface area contributed by atoms with E-state index in [9.17, 15) is 14.4 Å². The molecular weight excluding hydrogens is 829 g/mol. The van der Waals surface area contributed by atoms with Crippen molar-refractivity contribution in [3.8, 4) is 0 Å². The molecule has 0 amide bonds. The zero-order valence-electron chi connectivity index (χ0n) is 42.6. The molecule has 0 aliphatic carbocycles. The van der Waals surface area contributed by atoms with Crippen molar-refractivity contribution in [2.75, 3.05) is 13.2 Å². The summed E-state index contributed by atoms with van der Waals surface area (Å²) in [7, 11) is 0. The lowest BCUT2D eigenvalue weighted by Crippen LogP contribution is -2.30. The third kappa shape index (κ3) is 52.1. The van der Waals surface area contributed by atoms with Crippen molar-refractivity contribution in [1.82, 2.24) is 0 Å². The smallest absolute Gasteiger partial charge is 0.306 e. The van der Waals surface area contributed by atoms with Crippen LogP contribution in [0.25, 0.3) is 0 Å². The molecule has 0 spiro atoms. The molecule has 0 aromatic rings. The third-order valence-electron chi connectivity index (χ3n) is 10.4. The van der Waals surface area contributed by atoms with Gasteiger partial charge in [0.2, 0.25) is 0 Å². The molecule has 67 heavy (non-hydrogen) atoms. The van der Waals surface area contributed by atoms with Gasteiger partial charge in [-0.1, -0.05) is 218 Å². The van der Waals surface area contributed by atoms with Gasteiger partial charge in [-0.25, -0.2) is 0 Å². The summed E-state index contributed by atoms with van der Waals surface area (Å²) < 4.78 is 16.7. The van der Waals surface area contributed by atoms with Gasteiger partial charge in [-0.3, -0.25) is 14.4 Å². The summed E-state index contributed by atoms with van der Waals surface area (Å²) in [5, 5.41) is 0. The second-order valence-electron chi connectivity index (χ2n) is 16.7. The molecule has 0 heterocycles. The molecule has 0 aromatic heterocycles. The predicted octanol–water partition coefficient (Wildman–Crippen LogP) is 17.6. The van der Waals surface area contributed by atoms with Crippen LogP contribution in [-0.2, 0) is 28.6 Å². The van der Waals surface area contributed by atoms with Crippen molar-refractivity contribution in [2.45, 2.75) is 207 Å². The standard InChI is InChI=1S/C61H94O6/c1-4-7-10-13-16-19-22-25-27-29-30-32-33-36-39-42-45-48-51-54-60(63)66-57-58(56-65-59(62)53-50-47-44-41-38-35-24-21-18-15-12-9-6-3)67-61(64)55-52-49-46-43-40-37-34-31-28-26-23-20-17-14-11-8-5-2/h7,9-10,12,15-16,18-19,21,24-28,30,32,34,36-37,39,43,45-46,48,58H,4-6,8,11,13-14,17,20,22-23,29,31,33,35,38,40-42,44,47,49-57H2,1-3H3/b10-7+,12-9+,18-15+,19-16+,24-21+,27-25+,28-26+,32-30+,37-34+,39-36+,46-43+,48-45+. The molecule has 6 nitrogen and oxygen atoms in total. The molecule has 0 N–H and O–H groups in total. The maximum Gasteiger partial charge on any atom is 0.306 e. The normalized spacial score (nSPS) is 13.3. The lowest BCUT2D eigenvalue weighted by atomic mass is 10.1. The summed E-state index contributed by atoms with van der Waals surface area (Å²) in [6.07, 6.45) is 77.1. The summed E-state index contributed by atoms with van der Waals surface area (Å²) in [4.78, 5) is 38.0. The van der Waals surface area contributed by atoms with Crippen molar-refractivity contribution < 1.29 is 28.6 Å². The Hall–Kier alpha value is -4.71. The number of rotatable bonds is 45. The van der Waals surface area contributed by atoms with E-state index in [0.717, 1.165) is 103 Å². The Kier molecular flexibility index (Phi) is 50.1. The lowest BCUT2D eigenvalue weighted by molar-refractivity contribution is -0.166. The van der Waals surface area contributed by atoms with E-state index in [1.165, 1.54) is 44.9 Å². The first-order chi connectivity index (χ1) is 33.0. The highest BCUT2D eigenvalue weighted by Gasteiger charge is 2.19. The van der Waals surface area contributed by atoms with Gasteiger partial charge < -0.3 is 14.2 Å². The molecule has 1 unspecified atom stereocenters. The molecule has 0 saturated heterocycles. The Bertz CT molecular complexity index is 1530. The maximum atomic E-state index is 12.8. The highest BCUT2D eigenvalue weighted by atomic mass is 16.6. The molecule has 0 aliphatic heterocycles. The highest BCUT2D eigenvalue weighted by Crippen LogP contribution is 2.11. The number of allylic oxidation sites excluding steroid dienone is 24. The first-order valence-electron chi connectivity index (χ1n) is 26.4. The molecule has 0 aliphatic rings. The average molecular weight is 923 g/mol. The van der Waals surface area contributed by atoms with Gasteiger partial charge in [0.15, 0.2) is 6.10 Å². The van der Waals surface area contributed by atoms with Crippen molar-refractivity contribution in [3.05, 3.63) is 146 Å². The monoisotopic (exact) mass is 923 g/mol. The molecule has 0 rings (SSSR count). The van der Waals surface area contributed by atoms with Crippen LogP contribution in [0, 0.1) is 0 Å². The average Bonchev–Trinajstić information content (AvgIpc) is 3.33. The van der Waals surface area contributed by atoms with Crippen LogP contribution < -0.4 is 0 Å². The van der Waals surface area contributed by atoms with Crippen LogP contribution in [0.1, 0.15) is 201 Å². The van der Waals surface area contributed by atoms with Crippen LogP contribution in [0.2, 0.25) is 0 Å². The van der Waals surface area contributed by atoms with Gasteiger partial charge in [0.05, 0.1) is 0 Å². The number of esters is 3. The zero-order chi connectivity index (χ0) is 48.6. The molecule has 0 saturated carbocycles. The van der Waals surface area contributed by atoms with Gasteiger partial charge in [0, 0.05) is 19.3 Å².